The van der Waals surface area contributed by atoms with Crippen molar-refractivity contribution in [1.29, 1.82) is 0 Å². The van der Waals surface area contributed by atoms with Gasteiger partial charge in [-0.15, -0.1) is 0 Å². The Hall–Kier alpha value is -1.22. The number of halogens is 5. The molecule has 0 atom stereocenters. The number of sulfonamides is 1. The zero-order valence-electron chi connectivity index (χ0n) is 8.61. The summed E-state index contributed by atoms with van der Waals surface area (Å²) in [5, 5.41) is 0. The van der Waals surface area contributed by atoms with Crippen LogP contribution in [0.4, 0.5) is 22.0 Å². The molecule has 0 amide bonds. The Kier molecular flexibility index (Phi) is 3.06. The minimum absolute atomic E-state index is 0.453. The van der Waals surface area contributed by atoms with Crippen molar-refractivity contribution in [3.8, 4) is 0 Å². The molecule has 0 bridgehead atoms. The van der Waals surface area contributed by atoms with Gasteiger partial charge in [-0.3, -0.25) is 0 Å². The maximum atomic E-state index is 13.2. The molecular formula is C9H6F5NO2S. The standard InChI is InChI=1S/C9H6F5NO2S/c10-4-5(11)7(13)9(8(14)6(4)12)18(16,17)15-3-1-2-3/h3,15H,1-2H2. The van der Waals surface area contributed by atoms with Gasteiger partial charge in [0.1, 0.15) is 0 Å². The smallest absolute Gasteiger partial charge is 0.208 e. The summed E-state index contributed by atoms with van der Waals surface area (Å²) in [7, 11) is -4.77. The van der Waals surface area contributed by atoms with Crippen molar-refractivity contribution < 1.29 is 30.4 Å². The average molecular weight is 287 g/mol. The van der Waals surface area contributed by atoms with E-state index in [1.54, 1.807) is 0 Å². The van der Waals surface area contributed by atoms with Crippen LogP contribution in [0.3, 0.4) is 0 Å². The van der Waals surface area contributed by atoms with Crippen molar-refractivity contribution in [3.63, 3.8) is 0 Å². The fourth-order valence-electron chi connectivity index (χ4n) is 1.30. The van der Waals surface area contributed by atoms with Crippen molar-refractivity contribution in [1.82, 2.24) is 4.72 Å². The molecule has 1 aliphatic rings. The van der Waals surface area contributed by atoms with Crippen molar-refractivity contribution >= 4 is 10.0 Å². The molecular weight excluding hydrogens is 281 g/mol. The van der Waals surface area contributed by atoms with E-state index in [0.717, 1.165) is 0 Å². The van der Waals surface area contributed by atoms with E-state index in [2.05, 4.69) is 0 Å². The molecule has 0 aliphatic heterocycles. The topological polar surface area (TPSA) is 46.2 Å². The van der Waals surface area contributed by atoms with Crippen LogP contribution in [-0.2, 0) is 10.0 Å². The van der Waals surface area contributed by atoms with Gasteiger partial charge in [-0.2, -0.15) is 0 Å². The summed E-state index contributed by atoms with van der Waals surface area (Å²) in [4.78, 5) is -1.84. The number of hydrogen-bond donors (Lipinski definition) is 1. The summed E-state index contributed by atoms with van der Waals surface area (Å²) >= 11 is 0. The molecule has 0 unspecified atom stereocenters. The van der Waals surface area contributed by atoms with Gasteiger partial charge in [0.2, 0.25) is 15.8 Å². The van der Waals surface area contributed by atoms with Gasteiger partial charge in [0.15, 0.2) is 28.2 Å². The molecule has 0 aromatic heterocycles. The van der Waals surface area contributed by atoms with Gasteiger partial charge >= 0.3 is 0 Å². The van der Waals surface area contributed by atoms with E-state index in [4.69, 9.17) is 0 Å². The third-order valence-electron chi connectivity index (χ3n) is 2.34. The number of rotatable bonds is 3. The Labute approximate surface area is 98.7 Å². The predicted molar refractivity (Wildman–Crippen MR) is 49.6 cm³/mol. The maximum Gasteiger partial charge on any atom is 0.246 e. The second-order valence-electron chi connectivity index (χ2n) is 3.79. The van der Waals surface area contributed by atoms with Gasteiger partial charge in [0, 0.05) is 6.04 Å². The van der Waals surface area contributed by atoms with E-state index in [9.17, 15) is 30.4 Å². The lowest BCUT2D eigenvalue weighted by atomic mass is 10.3. The monoisotopic (exact) mass is 287 g/mol. The van der Waals surface area contributed by atoms with E-state index in [1.165, 1.54) is 0 Å². The van der Waals surface area contributed by atoms with Gasteiger partial charge in [-0.1, -0.05) is 0 Å². The summed E-state index contributed by atoms with van der Waals surface area (Å²) < 4.78 is 89.7. The molecule has 1 aromatic carbocycles. The van der Waals surface area contributed by atoms with Gasteiger partial charge in [0.05, 0.1) is 0 Å². The molecule has 3 nitrogen and oxygen atoms in total. The van der Waals surface area contributed by atoms with Crippen molar-refractivity contribution in [3.05, 3.63) is 29.1 Å². The zero-order valence-corrected chi connectivity index (χ0v) is 9.42. The van der Waals surface area contributed by atoms with Crippen molar-refractivity contribution in [2.45, 2.75) is 23.8 Å². The van der Waals surface area contributed by atoms with Crippen LogP contribution in [0.5, 0.6) is 0 Å². The SMILES string of the molecule is O=S(=O)(NC1CC1)c1c(F)c(F)c(F)c(F)c1F. The van der Waals surface area contributed by atoms with Crippen LogP contribution in [0.2, 0.25) is 0 Å². The molecule has 100 valence electrons. The van der Waals surface area contributed by atoms with Crippen LogP contribution < -0.4 is 4.72 Å². The highest BCUT2D eigenvalue weighted by atomic mass is 32.2. The first-order valence-corrected chi connectivity index (χ1v) is 6.27. The highest BCUT2D eigenvalue weighted by molar-refractivity contribution is 7.89. The first-order chi connectivity index (χ1) is 8.25. The molecule has 1 aliphatic carbocycles. The third-order valence-corrected chi connectivity index (χ3v) is 3.88. The summed E-state index contributed by atoms with van der Waals surface area (Å²) in [6, 6.07) is -0.523. The second-order valence-corrected chi connectivity index (χ2v) is 5.45. The summed E-state index contributed by atoms with van der Waals surface area (Å²) in [6.07, 6.45) is 0.906. The van der Waals surface area contributed by atoms with Gasteiger partial charge in [-0.05, 0) is 12.8 Å². The second kappa shape index (κ2) is 4.16. The minimum atomic E-state index is -4.77. The van der Waals surface area contributed by atoms with Crippen LogP contribution in [0.1, 0.15) is 12.8 Å². The lowest BCUT2D eigenvalue weighted by molar-refractivity contribution is 0.357. The Morgan fingerprint density at radius 2 is 1.22 bits per heavy atom. The largest absolute Gasteiger partial charge is 0.246 e. The van der Waals surface area contributed by atoms with Crippen LogP contribution in [-0.4, -0.2) is 14.5 Å². The molecule has 1 aromatic rings. The Morgan fingerprint density at radius 3 is 1.61 bits per heavy atom. The molecule has 1 saturated carbocycles. The van der Waals surface area contributed by atoms with E-state index in [0.29, 0.717) is 12.8 Å². The molecule has 9 heteroatoms. The lowest BCUT2D eigenvalue weighted by Gasteiger charge is -2.09. The first kappa shape index (κ1) is 13.2. The molecule has 1 N–H and O–H groups in total. The van der Waals surface area contributed by atoms with Crippen LogP contribution in [0.25, 0.3) is 0 Å². The average Bonchev–Trinajstić information content (AvgIpc) is 3.06. The zero-order chi connectivity index (χ0) is 13.7. The molecule has 1 fully saturated rings. The first-order valence-electron chi connectivity index (χ1n) is 4.79. The highest BCUT2D eigenvalue weighted by Crippen LogP contribution is 2.28. The van der Waals surface area contributed by atoms with Crippen LogP contribution in [0, 0.1) is 29.1 Å². The fourth-order valence-corrected chi connectivity index (χ4v) is 2.74. The Morgan fingerprint density at radius 1 is 0.833 bits per heavy atom. The fraction of sp³-hybridized carbons (Fsp3) is 0.333. The molecule has 0 heterocycles. The van der Waals surface area contributed by atoms with Gasteiger partial charge in [-0.25, -0.2) is 35.1 Å². The predicted octanol–water partition coefficient (Wildman–Crippen LogP) is 1.82. The quantitative estimate of drug-likeness (QED) is 0.523. The summed E-state index contributed by atoms with van der Waals surface area (Å²) in [5.74, 6) is -11.7. The highest BCUT2D eigenvalue weighted by Gasteiger charge is 2.36. The number of hydrogen-bond acceptors (Lipinski definition) is 2. The van der Waals surface area contributed by atoms with E-state index >= 15 is 0 Å². The Balaban J connectivity index is 2.63. The number of benzene rings is 1. The van der Waals surface area contributed by atoms with Crippen LogP contribution >= 0.6 is 0 Å². The van der Waals surface area contributed by atoms with Gasteiger partial charge < -0.3 is 0 Å². The number of nitrogens with one attached hydrogen (secondary N) is 1. The van der Waals surface area contributed by atoms with E-state index in [-0.39, 0.29) is 0 Å². The van der Waals surface area contributed by atoms with Crippen molar-refractivity contribution in [2.24, 2.45) is 0 Å². The van der Waals surface area contributed by atoms with E-state index in [1.807, 2.05) is 4.72 Å². The maximum absolute atomic E-state index is 13.2. The summed E-state index contributed by atoms with van der Waals surface area (Å²) in [6.45, 7) is 0. The molecule has 0 spiro atoms. The molecule has 0 saturated heterocycles. The Bertz CT molecular complexity index is 583. The molecule has 2 rings (SSSR count). The molecule has 0 radical (unpaired) electrons. The minimum Gasteiger partial charge on any atom is -0.208 e. The molecule has 18 heavy (non-hydrogen) atoms. The van der Waals surface area contributed by atoms with E-state index < -0.39 is 50.0 Å². The third kappa shape index (κ3) is 2.07. The van der Waals surface area contributed by atoms with Gasteiger partial charge in [0.25, 0.3) is 0 Å². The van der Waals surface area contributed by atoms with Crippen molar-refractivity contribution in [2.75, 3.05) is 0 Å². The normalized spacial score (nSPS) is 16.1. The van der Waals surface area contributed by atoms with Crippen LogP contribution in [0.15, 0.2) is 4.90 Å². The lowest BCUT2D eigenvalue weighted by Crippen LogP contribution is -2.28. The summed E-state index contributed by atoms with van der Waals surface area (Å²) in [5.41, 5.74) is 0.